The average molecular weight is 341 g/mol. The van der Waals surface area contributed by atoms with Crippen molar-refractivity contribution < 1.29 is 19.8 Å². The minimum atomic E-state index is -0.913. The second-order valence-electron chi connectivity index (χ2n) is 7.28. The fourth-order valence-corrected chi connectivity index (χ4v) is 3.89. The maximum atomic E-state index is 12.1. The SMILES string of the molecule is CN(CC(=O)O)[C@H]1CN(CC(=O)NCCC2CCCCC2)C[C@H]1O. The molecular formula is C17H31N3O4. The molecule has 1 saturated carbocycles. The zero-order valence-electron chi connectivity index (χ0n) is 14.6. The van der Waals surface area contributed by atoms with Crippen molar-refractivity contribution >= 4 is 11.9 Å². The van der Waals surface area contributed by atoms with Crippen molar-refractivity contribution in [2.75, 3.05) is 39.8 Å². The van der Waals surface area contributed by atoms with Crippen LogP contribution in [0.5, 0.6) is 0 Å². The Bertz CT molecular complexity index is 426. The summed E-state index contributed by atoms with van der Waals surface area (Å²) in [4.78, 5) is 26.4. The van der Waals surface area contributed by atoms with Gasteiger partial charge in [-0.1, -0.05) is 32.1 Å². The highest BCUT2D eigenvalue weighted by Crippen LogP contribution is 2.25. The topological polar surface area (TPSA) is 93.1 Å². The Labute approximate surface area is 144 Å². The van der Waals surface area contributed by atoms with Crippen LogP contribution in [0.25, 0.3) is 0 Å². The molecular weight excluding hydrogens is 310 g/mol. The number of hydrogen-bond acceptors (Lipinski definition) is 5. The molecule has 2 fully saturated rings. The highest BCUT2D eigenvalue weighted by molar-refractivity contribution is 5.78. The van der Waals surface area contributed by atoms with Gasteiger partial charge in [0.1, 0.15) is 0 Å². The van der Waals surface area contributed by atoms with Crippen molar-refractivity contribution in [2.45, 2.75) is 50.7 Å². The molecule has 2 atom stereocenters. The maximum Gasteiger partial charge on any atom is 0.317 e. The number of carboxylic acids is 1. The molecule has 0 spiro atoms. The van der Waals surface area contributed by atoms with Crippen LogP contribution < -0.4 is 5.32 Å². The van der Waals surface area contributed by atoms with Crippen molar-refractivity contribution in [3.05, 3.63) is 0 Å². The number of likely N-dealkylation sites (tertiary alicyclic amines) is 1. The molecule has 0 aromatic heterocycles. The van der Waals surface area contributed by atoms with Gasteiger partial charge in [0.15, 0.2) is 0 Å². The van der Waals surface area contributed by atoms with Crippen LogP contribution in [0.15, 0.2) is 0 Å². The van der Waals surface area contributed by atoms with Gasteiger partial charge in [-0.15, -0.1) is 0 Å². The minimum Gasteiger partial charge on any atom is -0.480 e. The molecule has 7 nitrogen and oxygen atoms in total. The Hall–Kier alpha value is -1.18. The van der Waals surface area contributed by atoms with Crippen molar-refractivity contribution in [3.63, 3.8) is 0 Å². The van der Waals surface area contributed by atoms with Crippen LogP contribution >= 0.6 is 0 Å². The van der Waals surface area contributed by atoms with E-state index in [0.717, 1.165) is 18.9 Å². The van der Waals surface area contributed by atoms with Gasteiger partial charge in [-0.2, -0.15) is 0 Å². The van der Waals surface area contributed by atoms with E-state index in [9.17, 15) is 14.7 Å². The number of aliphatic hydroxyl groups excluding tert-OH is 1. The second-order valence-corrected chi connectivity index (χ2v) is 7.28. The number of nitrogens with one attached hydrogen (secondary N) is 1. The third kappa shape index (κ3) is 6.03. The molecule has 1 aliphatic carbocycles. The zero-order valence-corrected chi connectivity index (χ0v) is 14.6. The van der Waals surface area contributed by atoms with E-state index < -0.39 is 12.1 Å². The number of hydrogen-bond donors (Lipinski definition) is 3. The number of amides is 1. The third-order valence-electron chi connectivity index (χ3n) is 5.25. The van der Waals surface area contributed by atoms with Gasteiger partial charge in [-0.25, -0.2) is 0 Å². The predicted molar refractivity (Wildman–Crippen MR) is 90.7 cm³/mol. The Morgan fingerprint density at radius 1 is 1.21 bits per heavy atom. The molecule has 0 aromatic carbocycles. The summed E-state index contributed by atoms with van der Waals surface area (Å²) in [5, 5.41) is 21.9. The number of carbonyl (C=O) groups excluding carboxylic acids is 1. The minimum absolute atomic E-state index is 0.0143. The molecule has 1 aliphatic heterocycles. The fraction of sp³-hybridized carbons (Fsp3) is 0.882. The number of likely N-dealkylation sites (N-methyl/N-ethyl adjacent to an activating group) is 1. The fourth-order valence-electron chi connectivity index (χ4n) is 3.89. The van der Waals surface area contributed by atoms with Crippen LogP contribution in [0.2, 0.25) is 0 Å². The number of rotatable bonds is 8. The largest absolute Gasteiger partial charge is 0.480 e. The van der Waals surface area contributed by atoms with E-state index in [4.69, 9.17) is 5.11 Å². The van der Waals surface area contributed by atoms with E-state index in [1.165, 1.54) is 32.1 Å². The summed E-state index contributed by atoms with van der Waals surface area (Å²) in [6.07, 6.45) is 6.97. The normalized spacial score (nSPS) is 26.0. The lowest BCUT2D eigenvalue weighted by Gasteiger charge is -2.24. The lowest BCUT2D eigenvalue weighted by molar-refractivity contribution is -0.138. The van der Waals surface area contributed by atoms with Crippen LogP contribution in [0.3, 0.4) is 0 Å². The van der Waals surface area contributed by atoms with Crippen molar-refractivity contribution in [1.82, 2.24) is 15.1 Å². The third-order valence-corrected chi connectivity index (χ3v) is 5.25. The Morgan fingerprint density at radius 2 is 1.92 bits per heavy atom. The van der Waals surface area contributed by atoms with Crippen molar-refractivity contribution in [3.8, 4) is 0 Å². The predicted octanol–water partition coefficient (Wildman–Crippen LogP) is 0.135. The lowest BCUT2D eigenvalue weighted by Crippen LogP contribution is -2.43. The van der Waals surface area contributed by atoms with E-state index >= 15 is 0 Å². The molecule has 1 heterocycles. The van der Waals surface area contributed by atoms with Crippen LogP contribution in [-0.2, 0) is 9.59 Å². The first kappa shape index (κ1) is 19.1. The molecule has 0 unspecified atom stereocenters. The first-order chi connectivity index (χ1) is 11.5. The quantitative estimate of drug-likeness (QED) is 0.581. The number of aliphatic carboxylic acids is 1. The van der Waals surface area contributed by atoms with Crippen LogP contribution in [0, 0.1) is 5.92 Å². The van der Waals surface area contributed by atoms with Gasteiger partial charge in [-0.05, 0) is 19.4 Å². The number of carboxylic acid groups (broad SMARTS) is 1. The summed E-state index contributed by atoms with van der Waals surface area (Å²) in [6.45, 7) is 1.80. The smallest absolute Gasteiger partial charge is 0.317 e. The van der Waals surface area contributed by atoms with Gasteiger partial charge >= 0.3 is 5.97 Å². The van der Waals surface area contributed by atoms with E-state index in [1.54, 1.807) is 11.9 Å². The molecule has 1 saturated heterocycles. The van der Waals surface area contributed by atoms with Crippen molar-refractivity contribution in [1.29, 1.82) is 0 Å². The Morgan fingerprint density at radius 3 is 2.58 bits per heavy atom. The van der Waals surface area contributed by atoms with Gasteiger partial charge in [0.2, 0.25) is 5.91 Å². The lowest BCUT2D eigenvalue weighted by atomic mass is 9.87. The molecule has 7 heteroatoms. The number of β-amino-alcohol motifs (C(OH)–C–C–N with tert-alkyl or cyclic N) is 1. The van der Waals surface area contributed by atoms with Crippen LogP contribution in [0.4, 0.5) is 0 Å². The highest BCUT2D eigenvalue weighted by Gasteiger charge is 2.35. The van der Waals surface area contributed by atoms with E-state index in [-0.39, 0.29) is 25.0 Å². The van der Waals surface area contributed by atoms with Gasteiger partial charge in [0.05, 0.1) is 19.2 Å². The molecule has 138 valence electrons. The highest BCUT2D eigenvalue weighted by atomic mass is 16.4. The molecule has 24 heavy (non-hydrogen) atoms. The number of aliphatic hydroxyl groups is 1. The number of carbonyl (C=O) groups is 2. The first-order valence-electron chi connectivity index (χ1n) is 9.05. The van der Waals surface area contributed by atoms with E-state index in [0.29, 0.717) is 13.1 Å². The average Bonchev–Trinajstić information content (AvgIpc) is 2.88. The molecule has 3 N–H and O–H groups in total. The Balaban J connectivity index is 1.65. The molecule has 2 rings (SSSR count). The number of nitrogens with zero attached hydrogens (tertiary/aromatic N) is 2. The summed E-state index contributed by atoms with van der Waals surface area (Å²) in [6, 6.07) is -0.240. The summed E-state index contributed by atoms with van der Waals surface area (Å²) in [7, 11) is 1.69. The summed E-state index contributed by atoms with van der Waals surface area (Å²) < 4.78 is 0. The van der Waals surface area contributed by atoms with E-state index in [1.807, 2.05) is 4.90 Å². The molecule has 1 amide bonds. The van der Waals surface area contributed by atoms with Crippen LogP contribution in [0.1, 0.15) is 38.5 Å². The van der Waals surface area contributed by atoms with E-state index in [2.05, 4.69) is 5.32 Å². The molecule has 0 bridgehead atoms. The van der Waals surface area contributed by atoms with Gasteiger partial charge in [0.25, 0.3) is 0 Å². The standard InChI is InChI=1S/C17H31N3O4/c1-19(12-17(23)24)14-9-20(10-15(14)21)11-16(22)18-8-7-13-5-3-2-4-6-13/h13-15,21H,2-12H2,1H3,(H,18,22)(H,23,24)/t14-,15+/m0/s1. The van der Waals surface area contributed by atoms with Gasteiger partial charge in [0, 0.05) is 25.7 Å². The maximum absolute atomic E-state index is 12.1. The summed E-state index contributed by atoms with van der Waals surface area (Å²) in [5.41, 5.74) is 0. The second kappa shape index (κ2) is 9.34. The summed E-state index contributed by atoms with van der Waals surface area (Å²) >= 11 is 0. The monoisotopic (exact) mass is 341 g/mol. The molecule has 0 aromatic rings. The molecule has 2 aliphatic rings. The Kier molecular flexibility index (Phi) is 7.45. The van der Waals surface area contributed by atoms with Gasteiger partial charge < -0.3 is 15.5 Å². The zero-order chi connectivity index (χ0) is 17.5. The summed E-state index contributed by atoms with van der Waals surface area (Å²) in [5.74, 6) is -0.176. The van der Waals surface area contributed by atoms with Gasteiger partial charge in [-0.3, -0.25) is 19.4 Å². The van der Waals surface area contributed by atoms with Crippen LogP contribution in [-0.4, -0.2) is 83.8 Å². The first-order valence-corrected chi connectivity index (χ1v) is 9.05. The van der Waals surface area contributed by atoms with Crippen molar-refractivity contribution in [2.24, 2.45) is 5.92 Å². The molecule has 0 radical (unpaired) electrons.